The fourth-order valence-electron chi connectivity index (χ4n) is 3.80. The third-order valence-electron chi connectivity index (χ3n) is 5.68. The van der Waals surface area contributed by atoms with Gasteiger partial charge in [-0.1, -0.05) is 12.1 Å². The highest BCUT2D eigenvalue weighted by molar-refractivity contribution is 5.70. The molecule has 1 aliphatic heterocycles. The molecule has 148 valence electrons. The van der Waals surface area contributed by atoms with E-state index in [4.69, 9.17) is 0 Å². The van der Waals surface area contributed by atoms with E-state index >= 15 is 0 Å². The highest BCUT2D eigenvalue weighted by Gasteiger charge is 2.34. The summed E-state index contributed by atoms with van der Waals surface area (Å²) in [5.74, 6) is 0.138. The van der Waals surface area contributed by atoms with Gasteiger partial charge in [0, 0.05) is 37.9 Å². The first-order valence-electron chi connectivity index (χ1n) is 9.75. The number of nitro benzene ring substituents is 1. The molecule has 2 aromatic rings. The lowest BCUT2D eigenvalue weighted by Crippen LogP contribution is -2.44. The van der Waals surface area contributed by atoms with Crippen LogP contribution in [0.25, 0.3) is 0 Å². The summed E-state index contributed by atoms with van der Waals surface area (Å²) < 4.78 is 13.3. The molecule has 0 bridgehead atoms. The number of likely N-dealkylation sites (N-methyl/N-ethyl adjacent to an activating group) is 1. The van der Waals surface area contributed by atoms with Crippen molar-refractivity contribution >= 4 is 17.1 Å². The minimum Gasteiger partial charge on any atom is -0.372 e. The van der Waals surface area contributed by atoms with E-state index in [2.05, 4.69) is 22.2 Å². The zero-order valence-electron chi connectivity index (χ0n) is 16.0. The molecule has 0 amide bonds. The van der Waals surface area contributed by atoms with Gasteiger partial charge in [0.15, 0.2) is 0 Å². The largest absolute Gasteiger partial charge is 0.372 e. The first kappa shape index (κ1) is 18.7. The quantitative estimate of drug-likeness (QED) is 0.601. The number of nitrogens with zero attached hydrogens (tertiary/aromatic N) is 3. The van der Waals surface area contributed by atoms with E-state index in [1.807, 2.05) is 12.1 Å². The second kappa shape index (κ2) is 7.75. The van der Waals surface area contributed by atoms with Crippen molar-refractivity contribution in [3.63, 3.8) is 0 Å². The minimum absolute atomic E-state index is 0.0537. The predicted molar refractivity (Wildman–Crippen MR) is 108 cm³/mol. The van der Waals surface area contributed by atoms with E-state index in [-0.39, 0.29) is 22.5 Å². The maximum atomic E-state index is 13.3. The zero-order chi connectivity index (χ0) is 19.7. The Morgan fingerprint density at radius 2 is 1.79 bits per heavy atom. The molecular formula is C21H25FN4O2. The Morgan fingerprint density at radius 1 is 1.11 bits per heavy atom. The number of rotatable bonds is 6. The van der Waals surface area contributed by atoms with E-state index in [0.717, 1.165) is 50.3 Å². The van der Waals surface area contributed by atoms with Crippen molar-refractivity contribution in [2.24, 2.45) is 5.92 Å². The Morgan fingerprint density at radius 3 is 2.39 bits per heavy atom. The standard InChI is InChI=1S/C21H25FN4O2/c1-24-10-12-25(13-11-24)18-8-9-20(26(27)28)19(14-18)23-21(15-2-3-15)16-4-6-17(22)7-5-16/h4-9,14-15,21,23H,2-3,10-13H2,1H3. The van der Waals surface area contributed by atoms with Crippen LogP contribution in [-0.4, -0.2) is 43.0 Å². The fraction of sp³-hybridized carbons (Fsp3) is 0.429. The van der Waals surface area contributed by atoms with E-state index in [1.54, 1.807) is 18.2 Å². The van der Waals surface area contributed by atoms with Crippen LogP contribution in [-0.2, 0) is 0 Å². The van der Waals surface area contributed by atoms with Gasteiger partial charge in [0.05, 0.1) is 11.0 Å². The molecule has 1 heterocycles. The molecule has 1 unspecified atom stereocenters. The van der Waals surface area contributed by atoms with Gasteiger partial charge in [0.2, 0.25) is 0 Å². The first-order chi connectivity index (χ1) is 13.5. The van der Waals surface area contributed by atoms with E-state index in [0.29, 0.717) is 11.6 Å². The number of nitrogens with one attached hydrogen (secondary N) is 1. The summed E-state index contributed by atoms with van der Waals surface area (Å²) in [6.07, 6.45) is 2.14. The molecule has 7 heteroatoms. The maximum absolute atomic E-state index is 13.3. The average molecular weight is 384 g/mol. The van der Waals surface area contributed by atoms with E-state index < -0.39 is 0 Å². The molecule has 2 aliphatic rings. The van der Waals surface area contributed by atoms with Gasteiger partial charge in [-0.3, -0.25) is 10.1 Å². The number of hydrogen-bond donors (Lipinski definition) is 1. The lowest BCUT2D eigenvalue weighted by molar-refractivity contribution is -0.384. The van der Waals surface area contributed by atoms with Gasteiger partial charge in [-0.05, 0) is 55.6 Å². The summed E-state index contributed by atoms with van der Waals surface area (Å²) in [5.41, 5.74) is 2.56. The van der Waals surface area contributed by atoms with Gasteiger partial charge >= 0.3 is 0 Å². The predicted octanol–water partition coefficient (Wildman–Crippen LogP) is 4.05. The Bertz CT molecular complexity index is 846. The number of anilines is 2. The molecule has 1 N–H and O–H groups in total. The smallest absolute Gasteiger partial charge is 0.292 e. The molecule has 0 spiro atoms. The van der Waals surface area contributed by atoms with Crippen LogP contribution in [0.4, 0.5) is 21.5 Å². The third kappa shape index (κ3) is 4.09. The maximum Gasteiger partial charge on any atom is 0.292 e. The SMILES string of the molecule is CN1CCN(c2ccc([N+](=O)[O-])c(NC(c3ccc(F)cc3)C3CC3)c2)CC1. The number of halogens is 1. The summed E-state index contributed by atoms with van der Waals surface area (Å²) in [7, 11) is 2.10. The summed E-state index contributed by atoms with van der Waals surface area (Å²) in [4.78, 5) is 15.8. The summed E-state index contributed by atoms with van der Waals surface area (Å²) in [6.45, 7) is 3.75. The third-order valence-corrected chi connectivity index (χ3v) is 5.68. The monoisotopic (exact) mass is 384 g/mol. The second-order valence-electron chi connectivity index (χ2n) is 7.76. The molecule has 1 saturated heterocycles. The van der Waals surface area contributed by atoms with Crippen molar-refractivity contribution in [3.8, 4) is 0 Å². The summed E-state index contributed by atoms with van der Waals surface area (Å²) >= 11 is 0. The highest BCUT2D eigenvalue weighted by Crippen LogP contribution is 2.44. The van der Waals surface area contributed by atoms with Gasteiger partial charge in [-0.25, -0.2) is 4.39 Å². The van der Waals surface area contributed by atoms with Crippen molar-refractivity contribution in [1.29, 1.82) is 0 Å². The highest BCUT2D eigenvalue weighted by atomic mass is 19.1. The molecule has 4 rings (SSSR count). The topological polar surface area (TPSA) is 61.7 Å². The Hall–Kier alpha value is -2.67. The average Bonchev–Trinajstić information content (AvgIpc) is 3.52. The first-order valence-corrected chi connectivity index (χ1v) is 9.75. The zero-order valence-corrected chi connectivity index (χ0v) is 16.0. The van der Waals surface area contributed by atoms with Crippen molar-refractivity contribution in [2.45, 2.75) is 18.9 Å². The van der Waals surface area contributed by atoms with Crippen LogP contribution in [0.2, 0.25) is 0 Å². The number of hydrogen-bond acceptors (Lipinski definition) is 5. The normalized spacial score (nSPS) is 18.7. The van der Waals surface area contributed by atoms with Crippen LogP contribution in [0.1, 0.15) is 24.4 Å². The number of benzene rings is 2. The van der Waals surface area contributed by atoms with Crippen LogP contribution in [0.3, 0.4) is 0 Å². The van der Waals surface area contributed by atoms with Crippen molar-refractivity contribution in [2.75, 3.05) is 43.4 Å². The van der Waals surface area contributed by atoms with Gasteiger partial charge in [-0.15, -0.1) is 0 Å². The minimum atomic E-state index is -0.343. The fourth-order valence-corrected chi connectivity index (χ4v) is 3.80. The molecule has 0 aromatic heterocycles. The van der Waals surface area contributed by atoms with Crippen molar-refractivity contribution < 1.29 is 9.31 Å². The van der Waals surface area contributed by atoms with Crippen LogP contribution in [0.15, 0.2) is 42.5 Å². The van der Waals surface area contributed by atoms with Gasteiger partial charge in [-0.2, -0.15) is 0 Å². The van der Waals surface area contributed by atoms with Gasteiger partial charge in [0.1, 0.15) is 11.5 Å². The van der Waals surface area contributed by atoms with Crippen LogP contribution >= 0.6 is 0 Å². The molecule has 6 nitrogen and oxygen atoms in total. The van der Waals surface area contributed by atoms with E-state index in [1.165, 1.54) is 12.1 Å². The van der Waals surface area contributed by atoms with Crippen molar-refractivity contribution in [1.82, 2.24) is 4.90 Å². The van der Waals surface area contributed by atoms with Crippen LogP contribution in [0.5, 0.6) is 0 Å². The molecule has 2 fully saturated rings. The Balaban J connectivity index is 1.63. The summed E-state index contributed by atoms with van der Waals surface area (Å²) in [5, 5.41) is 15.0. The van der Waals surface area contributed by atoms with Crippen molar-refractivity contribution in [3.05, 3.63) is 64.0 Å². The van der Waals surface area contributed by atoms with Crippen LogP contribution in [0, 0.1) is 21.8 Å². The Kier molecular flexibility index (Phi) is 5.17. The van der Waals surface area contributed by atoms with Gasteiger partial charge in [0.25, 0.3) is 5.69 Å². The molecule has 1 saturated carbocycles. The molecule has 0 radical (unpaired) electrons. The van der Waals surface area contributed by atoms with E-state index in [9.17, 15) is 14.5 Å². The number of nitro groups is 1. The lowest BCUT2D eigenvalue weighted by Gasteiger charge is -2.34. The van der Waals surface area contributed by atoms with Gasteiger partial charge < -0.3 is 15.1 Å². The molecule has 1 atom stereocenters. The van der Waals surface area contributed by atoms with Crippen LogP contribution < -0.4 is 10.2 Å². The molecule has 2 aromatic carbocycles. The number of piperazine rings is 1. The Labute approximate surface area is 164 Å². The second-order valence-corrected chi connectivity index (χ2v) is 7.76. The molecule has 1 aliphatic carbocycles. The summed E-state index contributed by atoms with van der Waals surface area (Å²) in [6, 6.07) is 11.7. The molecule has 28 heavy (non-hydrogen) atoms. The lowest BCUT2D eigenvalue weighted by atomic mass is 10.0. The molecular weight excluding hydrogens is 359 g/mol.